The van der Waals surface area contributed by atoms with Crippen LogP contribution >= 0.6 is 0 Å². The number of nitrogens with one attached hydrogen (secondary N) is 1. The van der Waals surface area contributed by atoms with Gasteiger partial charge in [0.1, 0.15) is 0 Å². The summed E-state index contributed by atoms with van der Waals surface area (Å²) in [5, 5.41) is 15.5. The van der Waals surface area contributed by atoms with Crippen LogP contribution in [-0.4, -0.2) is 26.2 Å². The van der Waals surface area contributed by atoms with Gasteiger partial charge in [0.25, 0.3) is 0 Å². The maximum Gasteiger partial charge on any atom is 0.165 e. The number of rotatable bonds is 7. The van der Waals surface area contributed by atoms with Crippen molar-refractivity contribution in [1.82, 2.24) is 25.5 Å². The highest BCUT2D eigenvalue weighted by molar-refractivity contribution is 4.88. The first-order valence-electron chi connectivity index (χ1n) is 6.70. The largest absolute Gasteiger partial charge is 0.307 e. The van der Waals surface area contributed by atoms with E-state index in [1.807, 2.05) is 4.68 Å². The summed E-state index contributed by atoms with van der Waals surface area (Å²) in [6.45, 7) is 7.50. The Kier molecular flexibility index (Phi) is 4.10. The first-order chi connectivity index (χ1) is 8.20. The highest BCUT2D eigenvalue weighted by atomic mass is 15.6. The van der Waals surface area contributed by atoms with Gasteiger partial charge in [0.15, 0.2) is 5.82 Å². The van der Waals surface area contributed by atoms with Gasteiger partial charge in [-0.25, -0.2) is 4.68 Å². The summed E-state index contributed by atoms with van der Waals surface area (Å²) in [5.41, 5.74) is 0. The predicted octanol–water partition coefficient (Wildman–Crippen LogP) is 1.92. The molecule has 1 aliphatic carbocycles. The maximum atomic E-state index is 4.12. The van der Waals surface area contributed by atoms with Crippen molar-refractivity contribution in [3.05, 3.63) is 5.82 Å². The zero-order valence-electron chi connectivity index (χ0n) is 11.1. The Balaban J connectivity index is 1.91. The number of hydrogen-bond acceptors (Lipinski definition) is 4. The number of nitrogens with zero attached hydrogens (tertiary/aromatic N) is 4. The molecule has 1 heterocycles. The highest BCUT2D eigenvalue weighted by Crippen LogP contribution is 2.21. The smallest absolute Gasteiger partial charge is 0.165 e. The lowest BCUT2D eigenvalue weighted by Crippen LogP contribution is -2.21. The Morgan fingerprint density at radius 3 is 2.82 bits per heavy atom. The third-order valence-corrected chi connectivity index (χ3v) is 3.55. The quantitative estimate of drug-likeness (QED) is 0.787. The van der Waals surface area contributed by atoms with Crippen LogP contribution in [0.25, 0.3) is 0 Å². The van der Waals surface area contributed by atoms with Crippen molar-refractivity contribution in [2.45, 2.75) is 65.1 Å². The maximum absolute atomic E-state index is 4.12. The van der Waals surface area contributed by atoms with E-state index in [-0.39, 0.29) is 0 Å². The van der Waals surface area contributed by atoms with Gasteiger partial charge in [-0.1, -0.05) is 20.3 Å². The van der Waals surface area contributed by atoms with Gasteiger partial charge in [-0.15, -0.1) is 5.10 Å². The topological polar surface area (TPSA) is 55.6 Å². The van der Waals surface area contributed by atoms with Gasteiger partial charge < -0.3 is 5.32 Å². The molecule has 0 radical (unpaired) electrons. The Labute approximate surface area is 103 Å². The lowest BCUT2D eigenvalue weighted by molar-refractivity contribution is 0.358. The lowest BCUT2D eigenvalue weighted by atomic mass is 10.0. The molecular formula is C12H23N5. The third-order valence-electron chi connectivity index (χ3n) is 3.55. The Morgan fingerprint density at radius 2 is 2.18 bits per heavy atom. The SMILES string of the molecule is CCC(C)CC(C)n1nnnc1CNC1CC1. The van der Waals surface area contributed by atoms with Gasteiger partial charge in [-0.3, -0.25) is 0 Å². The molecule has 1 fully saturated rings. The molecule has 1 saturated carbocycles. The minimum Gasteiger partial charge on any atom is -0.307 e. The molecule has 5 nitrogen and oxygen atoms in total. The van der Waals surface area contributed by atoms with Crippen LogP contribution < -0.4 is 5.32 Å². The molecule has 17 heavy (non-hydrogen) atoms. The van der Waals surface area contributed by atoms with Gasteiger partial charge in [-0.2, -0.15) is 0 Å². The van der Waals surface area contributed by atoms with Crippen molar-refractivity contribution in [2.75, 3.05) is 0 Å². The summed E-state index contributed by atoms with van der Waals surface area (Å²) in [5.74, 6) is 1.69. The average molecular weight is 237 g/mol. The summed E-state index contributed by atoms with van der Waals surface area (Å²) in [7, 11) is 0. The van der Waals surface area contributed by atoms with Gasteiger partial charge in [-0.05, 0) is 42.5 Å². The van der Waals surface area contributed by atoms with Crippen molar-refractivity contribution in [1.29, 1.82) is 0 Å². The van der Waals surface area contributed by atoms with E-state index in [1.165, 1.54) is 19.3 Å². The van der Waals surface area contributed by atoms with E-state index in [9.17, 15) is 0 Å². The van der Waals surface area contributed by atoms with E-state index in [2.05, 4.69) is 41.6 Å². The van der Waals surface area contributed by atoms with Crippen LogP contribution in [-0.2, 0) is 6.54 Å². The van der Waals surface area contributed by atoms with Crippen LogP contribution in [0, 0.1) is 5.92 Å². The molecule has 96 valence electrons. The normalized spacial score (nSPS) is 19.2. The van der Waals surface area contributed by atoms with E-state index in [4.69, 9.17) is 0 Å². The molecule has 0 bridgehead atoms. The molecule has 0 spiro atoms. The van der Waals surface area contributed by atoms with Crippen LogP contribution in [0.4, 0.5) is 0 Å². The first kappa shape index (κ1) is 12.5. The number of aromatic nitrogens is 4. The Morgan fingerprint density at radius 1 is 1.41 bits per heavy atom. The van der Waals surface area contributed by atoms with Gasteiger partial charge in [0, 0.05) is 6.04 Å². The van der Waals surface area contributed by atoms with E-state index >= 15 is 0 Å². The molecule has 0 amide bonds. The Hall–Kier alpha value is -0.970. The summed E-state index contributed by atoms with van der Waals surface area (Å²) in [4.78, 5) is 0. The standard InChI is InChI=1S/C12H23N5/c1-4-9(2)7-10(3)17-12(14-15-16-17)8-13-11-5-6-11/h9-11,13H,4-8H2,1-3H3. The van der Waals surface area contributed by atoms with Gasteiger partial charge in [0.05, 0.1) is 12.6 Å². The molecule has 1 aromatic rings. The molecule has 1 aliphatic rings. The summed E-state index contributed by atoms with van der Waals surface area (Å²) in [6.07, 6.45) is 4.94. The van der Waals surface area contributed by atoms with E-state index in [0.717, 1.165) is 24.7 Å². The summed E-state index contributed by atoms with van der Waals surface area (Å²) in [6, 6.07) is 1.08. The number of tetrazole rings is 1. The van der Waals surface area contributed by atoms with Crippen molar-refractivity contribution in [3.8, 4) is 0 Å². The zero-order chi connectivity index (χ0) is 12.3. The van der Waals surface area contributed by atoms with Crippen molar-refractivity contribution < 1.29 is 0 Å². The third kappa shape index (κ3) is 3.49. The van der Waals surface area contributed by atoms with Crippen molar-refractivity contribution in [2.24, 2.45) is 5.92 Å². The van der Waals surface area contributed by atoms with Crippen LogP contribution in [0.1, 0.15) is 58.3 Å². The minimum atomic E-state index is 0.385. The molecule has 1 aromatic heterocycles. The monoisotopic (exact) mass is 237 g/mol. The fraction of sp³-hybridized carbons (Fsp3) is 0.917. The Bertz CT molecular complexity index is 344. The zero-order valence-corrected chi connectivity index (χ0v) is 11.1. The molecule has 0 aliphatic heterocycles. The molecule has 2 rings (SSSR count). The van der Waals surface area contributed by atoms with Crippen LogP contribution in [0.15, 0.2) is 0 Å². The number of hydrogen-bond donors (Lipinski definition) is 1. The molecule has 5 heteroatoms. The fourth-order valence-corrected chi connectivity index (χ4v) is 2.04. The molecule has 1 N–H and O–H groups in total. The summed E-state index contributed by atoms with van der Waals surface area (Å²) >= 11 is 0. The molecular weight excluding hydrogens is 214 g/mol. The lowest BCUT2D eigenvalue weighted by Gasteiger charge is -2.17. The van der Waals surface area contributed by atoms with Crippen LogP contribution in [0.2, 0.25) is 0 Å². The van der Waals surface area contributed by atoms with Crippen molar-refractivity contribution >= 4 is 0 Å². The van der Waals surface area contributed by atoms with Crippen LogP contribution in [0.5, 0.6) is 0 Å². The van der Waals surface area contributed by atoms with Crippen molar-refractivity contribution in [3.63, 3.8) is 0 Å². The molecule has 2 unspecified atom stereocenters. The second kappa shape index (κ2) is 5.58. The second-order valence-electron chi connectivity index (χ2n) is 5.29. The molecule has 0 saturated heterocycles. The molecule has 0 aromatic carbocycles. The van der Waals surface area contributed by atoms with E-state index in [0.29, 0.717) is 12.1 Å². The van der Waals surface area contributed by atoms with Gasteiger partial charge in [0.2, 0.25) is 0 Å². The first-order valence-corrected chi connectivity index (χ1v) is 6.70. The fourth-order valence-electron chi connectivity index (χ4n) is 2.04. The van der Waals surface area contributed by atoms with E-state index in [1.54, 1.807) is 0 Å². The predicted molar refractivity (Wildman–Crippen MR) is 66.5 cm³/mol. The van der Waals surface area contributed by atoms with E-state index < -0.39 is 0 Å². The minimum absolute atomic E-state index is 0.385. The second-order valence-corrected chi connectivity index (χ2v) is 5.29. The average Bonchev–Trinajstić information content (AvgIpc) is 3.03. The highest BCUT2D eigenvalue weighted by Gasteiger charge is 2.22. The van der Waals surface area contributed by atoms with Gasteiger partial charge >= 0.3 is 0 Å². The summed E-state index contributed by atoms with van der Waals surface area (Å²) < 4.78 is 1.97. The van der Waals surface area contributed by atoms with Crippen LogP contribution in [0.3, 0.4) is 0 Å². The molecule has 2 atom stereocenters.